The van der Waals surface area contributed by atoms with Gasteiger partial charge in [0, 0.05) is 31.1 Å². The van der Waals surface area contributed by atoms with Crippen molar-refractivity contribution in [3.05, 3.63) is 41.8 Å². The van der Waals surface area contributed by atoms with Gasteiger partial charge < -0.3 is 9.84 Å². The Morgan fingerprint density at radius 3 is 2.61 bits per heavy atom. The van der Waals surface area contributed by atoms with Crippen molar-refractivity contribution in [2.75, 3.05) is 18.4 Å². The summed E-state index contributed by atoms with van der Waals surface area (Å²) in [6, 6.07) is 11.0. The molecule has 5 nitrogen and oxygen atoms in total. The molecule has 2 aromatic rings. The van der Waals surface area contributed by atoms with Crippen LogP contribution in [0.15, 0.2) is 34.9 Å². The van der Waals surface area contributed by atoms with Crippen LogP contribution in [0.25, 0.3) is 0 Å². The first-order valence-electron chi connectivity index (χ1n) is 8.29. The summed E-state index contributed by atoms with van der Waals surface area (Å²) in [4.78, 5) is 6.96. The first-order valence-corrected chi connectivity index (χ1v) is 8.29. The Balaban J connectivity index is 1.60. The van der Waals surface area contributed by atoms with Gasteiger partial charge in [-0.2, -0.15) is 4.98 Å². The second kappa shape index (κ2) is 6.32. The lowest BCUT2D eigenvalue weighted by Crippen LogP contribution is -2.28. The monoisotopic (exact) mass is 314 g/mol. The van der Waals surface area contributed by atoms with E-state index < -0.39 is 0 Å². The largest absolute Gasteiger partial charge is 0.347 e. The zero-order valence-electron chi connectivity index (χ0n) is 14.4. The number of rotatable bonds is 4. The molecule has 23 heavy (non-hydrogen) atoms. The number of benzene rings is 1. The molecule has 1 saturated heterocycles. The Labute approximate surface area is 138 Å². The van der Waals surface area contributed by atoms with Crippen LogP contribution in [0.3, 0.4) is 0 Å². The van der Waals surface area contributed by atoms with Crippen LogP contribution in [0, 0.1) is 5.92 Å². The summed E-state index contributed by atoms with van der Waals surface area (Å²) < 4.78 is 5.36. The zero-order chi connectivity index (χ0) is 16.4. The number of nitrogens with one attached hydrogen (secondary N) is 1. The minimum Gasteiger partial charge on any atom is -0.347 e. The summed E-state index contributed by atoms with van der Waals surface area (Å²) in [6.07, 6.45) is 0. The van der Waals surface area contributed by atoms with Crippen LogP contribution in [0.1, 0.15) is 39.1 Å². The lowest BCUT2D eigenvalue weighted by Gasteiger charge is -2.16. The minimum absolute atomic E-state index is 0.117. The van der Waals surface area contributed by atoms with Crippen molar-refractivity contribution >= 4 is 5.95 Å². The smallest absolute Gasteiger partial charge is 0.263 e. The predicted molar refractivity (Wildman–Crippen MR) is 91.3 cm³/mol. The Morgan fingerprint density at radius 1 is 1.22 bits per heavy atom. The fourth-order valence-electron chi connectivity index (χ4n) is 2.98. The van der Waals surface area contributed by atoms with Gasteiger partial charge in [-0.1, -0.05) is 58.0 Å². The molecule has 1 N–H and O–H groups in total. The van der Waals surface area contributed by atoms with Crippen LogP contribution in [-0.4, -0.2) is 34.2 Å². The number of nitrogens with zero attached hydrogens (tertiary/aromatic N) is 3. The molecule has 0 spiro atoms. The highest BCUT2D eigenvalue weighted by Crippen LogP contribution is 2.24. The van der Waals surface area contributed by atoms with Gasteiger partial charge in [-0.05, 0) is 16.6 Å². The van der Waals surface area contributed by atoms with E-state index in [1.165, 1.54) is 5.56 Å². The van der Waals surface area contributed by atoms with Crippen LogP contribution in [0.5, 0.6) is 0 Å². The lowest BCUT2D eigenvalue weighted by molar-refractivity contribution is 0.318. The van der Waals surface area contributed by atoms with Crippen LogP contribution < -0.4 is 5.32 Å². The molecule has 0 bridgehead atoms. The molecule has 1 fully saturated rings. The molecule has 1 aliphatic heterocycles. The maximum atomic E-state index is 5.36. The highest BCUT2D eigenvalue weighted by molar-refractivity contribution is 5.26. The molecule has 1 aromatic carbocycles. The maximum Gasteiger partial charge on any atom is 0.263 e. The molecule has 1 aliphatic rings. The van der Waals surface area contributed by atoms with Crippen molar-refractivity contribution in [3.8, 4) is 0 Å². The number of aromatic nitrogens is 2. The Morgan fingerprint density at radius 2 is 1.96 bits per heavy atom. The van der Waals surface area contributed by atoms with Gasteiger partial charge in [-0.3, -0.25) is 4.90 Å². The molecule has 0 aliphatic carbocycles. The number of hydrogen-bond acceptors (Lipinski definition) is 5. The molecule has 124 valence electrons. The van der Waals surface area contributed by atoms with Gasteiger partial charge in [0.15, 0.2) is 0 Å². The second-order valence-corrected chi connectivity index (χ2v) is 7.58. The quantitative estimate of drug-likeness (QED) is 0.938. The maximum absolute atomic E-state index is 5.36. The van der Waals surface area contributed by atoms with Gasteiger partial charge in [-0.15, -0.1) is 0 Å². The fourth-order valence-corrected chi connectivity index (χ4v) is 2.98. The summed E-state index contributed by atoms with van der Waals surface area (Å²) in [6.45, 7) is 11.6. The molecule has 1 aromatic heterocycles. The predicted octanol–water partition coefficient (Wildman–Crippen LogP) is 3.30. The highest BCUT2D eigenvalue weighted by atomic mass is 16.5. The van der Waals surface area contributed by atoms with Crippen molar-refractivity contribution in [2.45, 2.75) is 45.7 Å². The van der Waals surface area contributed by atoms with Crippen LogP contribution in [0.4, 0.5) is 5.95 Å². The van der Waals surface area contributed by atoms with E-state index in [-0.39, 0.29) is 5.41 Å². The Kier molecular flexibility index (Phi) is 4.39. The third-order valence-corrected chi connectivity index (χ3v) is 4.32. The molecule has 3 rings (SSSR count). The van der Waals surface area contributed by atoms with Crippen LogP contribution in [0.2, 0.25) is 0 Å². The van der Waals surface area contributed by atoms with Gasteiger partial charge >= 0.3 is 0 Å². The summed E-state index contributed by atoms with van der Waals surface area (Å²) in [5.74, 6) is 1.83. The average molecular weight is 314 g/mol. The lowest BCUT2D eigenvalue weighted by atomic mass is 9.97. The molecular formula is C18H26N4O. The van der Waals surface area contributed by atoms with Crippen molar-refractivity contribution in [1.82, 2.24) is 15.0 Å². The van der Waals surface area contributed by atoms with E-state index in [0.29, 0.717) is 23.8 Å². The van der Waals surface area contributed by atoms with Gasteiger partial charge in [0.1, 0.15) is 0 Å². The molecule has 2 unspecified atom stereocenters. The van der Waals surface area contributed by atoms with Gasteiger partial charge in [-0.25, -0.2) is 0 Å². The SMILES string of the molecule is CC1CN(Cc2ccccc2)CC1Nc1noc(C(C)(C)C)n1. The normalized spacial score (nSPS) is 22.4. The fraction of sp³-hybridized carbons (Fsp3) is 0.556. The third kappa shape index (κ3) is 3.91. The summed E-state index contributed by atoms with van der Waals surface area (Å²) >= 11 is 0. The average Bonchev–Trinajstić information content (AvgIpc) is 3.08. The number of hydrogen-bond donors (Lipinski definition) is 1. The van der Waals surface area contributed by atoms with Crippen molar-refractivity contribution in [2.24, 2.45) is 5.92 Å². The Hall–Kier alpha value is -1.88. The van der Waals surface area contributed by atoms with E-state index in [4.69, 9.17) is 4.52 Å². The number of likely N-dealkylation sites (tertiary alicyclic amines) is 1. The molecule has 0 saturated carbocycles. The van der Waals surface area contributed by atoms with E-state index in [1.54, 1.807) is 0 Å². The van der Waals surface area contributed by atoms with Crippen molar-refractivity contribution in [3.63, 3.8) is 0 Å². The van der Waals surface area contributed by atoms with Gasteiger partial charge in [0.25, 0.3) is 5.95 Å². The van der Waals surface area contributed by atoms with E-state index in [0.717, 1.165) is 19.6 Å². The second-order valence-electron chi connectivity index (χ2n) is 7.58. The number of anilines is 1. The van der Waals surface area contributed by atoms with E-state index in [1.807, 2.05) is 0 Å². The van der Waals surface area contributed by atoms with Crippen LogP contribution in [-0.2, 0) is 12.0 Å². The molecule has 2 atom stereocenters. The van der Waals surface area contributed by atoms with E-state index in [9.17, 15) is 0 Å². The molecule has 2 heterocycles. The van der Waals surface area contributed by atoms with Crippen LogP contribution >= 0.6 is 0 Å². The molecule has 0 radical (unpaired) electrons. The molecular weight excluding hydrogens is 288 g/mol. The Bertz CT molecular complexity index is 632. The summed E-state index contributed by atoms with van der Waals surface area (Å²) in [7, 11) is 0. The first kappa shape index (κ1) is 16.0. The molecule has 5 heteroatoms. The van der Waals surface area contributed by atoms with Crippen molar-refractivity contribution in [1.29, 1.82) is 0 Å². The standard InChI is InChI=1S/C18H26N4O/c1-13-10-22(11-14-8-6-5-7-9-14)12-15(13)19-17-20-16(23-21-17)18(2,3)4/h5-9,13,15H,10-12H2,1-4H3,(H,19,21). The molecule has 0 amide bonds. The van der Waals surface area contributed by atoms with Gasteiger partial charge in [0.2, 0.25) is 5.89 Å². The van der Waals surface area contributed by atoms with E-state index in [2.05, 4.69) is 78.4 Å². The minimum atomic E-state index is -0.117. The summed E-state index contributed by atoms with van der Waals surface area (Å²) in [5.41, 5.74) is 1.24. The van der Waals surface area contributed by atoms with Crippen molar-refractivity contribution < 1.29 is 4.52 Å². The highest BCUT2D eigenvalue weighted by Gasteiger charge is 2.31. The summed E-state index contributed by atoms with van der Waals surface area (Å²) in [5, 5.41) is 7.52. The van der Waals surface area contributed by atoms with Gasteiger partial charge in [0.05, 0.1) is 0 Å². The zero-order valence-corrected chi connectivity index (χ0v) is 14.4. The first-order chi connectivity index (χ1) is 10.9. The third-order valence-electron chi connectivity index (χ3n) is 4.32. The topological polar surface area (TPSA) is 54.2 Å². The van der Waals surface area contributed by atoms with E-state index >= 15 is 0 Å².